The van der Waals surface area contributed by atoms with Crippen molar-refractivity contribution >= 4 is 29.9 Å². The molecule has 2 heterocycles. The molecular weight excluding hydrogens is 469 g/mol. The molecule has 0 amide bonds. The summed E-state index contributed by atoms with van der Waals surface area (Å²) in [6, 6.07) is 7.66. The molecule has 7 nitrogen and oxygen atoms in total. The van der Waals surface area contributed by atoms with E-state index >= 15 is 0 Å². The fourth-order valence-corrected chi connectivity index (χ4v) is 3.39. The summed E-state index contributed by atoms with van der Waals surface area (Å²) in [6.07, 6.45) is 5.19. The summed E-state index contributed by atoms with van der Waals surface area (Å²) in [5.74, 6) is 3.02. The maximum atomic E-state index is 5.98. The molecular formula is C20H30IN5O2. The average Bonchev–Trinajstić information content (AvgIpc) is 3.31. The molecule has 154 valence electrons. The number of aliphatic imine (C=N–C) groups is 1. The van der Waals surface area contributed by atoms with Gasteiger partial charge in [-0.3, -0.25) is 9.67 Å². The van der Waals surface area contributed by atoms with E-state index in [0.717, 1.165) is 37.0 Å². The van der Waals surface area contributed by atoms with Crippen LogP contribution in [0, 0.1) is 0 Å². The van der Waals surface area contributed by atoms with Crippen molar-refractivity contribution in [1.29, 1.82) is 0 Å². The van der Waals surface area contributed by atoms with E-state index in [1.54, 1.807) is 7.11 Å². The lowest BCUT2D eigenvalue weighted by Gasteiger charge is -2.23. The van der Waals surface area contributed by atoms with Gasteiger partial charge in [-0.1, -0.05) is 6.07 Å². The van der Waals surface area contributed by atoms with Crippen molar-refractivity contribution in [1.82, 2.24) is 20.0 Å². The third-order valence-electron chi connectivity index (χ3n) is 4.82. The largest absolute Gasteiger partial charge is 0.497 e. The molecule has 0 saturated carbocycles. The van der Waals surface area contributed by atoms with E-state index in [0.29, 0.717) is 12.5 Å². The molecule has 2 atom stereocenters. The van der Waals surface area contributed by atoms with Gasteiger partial charge >= 0.3 is 0 Å². The van der Waals surface area contributed by atoms with Gasteiger partial charge in [-0.15, -0.1) is 24.0 Å². The molecule has 1 aliphatic heterocycles. The number of aromatic nitrogens is 2. The summed E-state index contributed by atoms with van der Waals surface area (Å²) in [5.41, 5.74) is 1.30. The van der Waals surface area contributed by atoms with Crippen LogP contribution in [0.1, 0.15) is 24.8 Å². The highest BCUT2D eigenvalue weighted by atomic mass is 127. The Morgan fingerprint density at radius 2 is 2.18 bits per heavy atom. The molecule has 2 unspecified atom stereocenters. The topological polar surface area (TPSA) is 63.9 Å². The first kappa shape index (κ1) is 22.3. The number of methoxy groups -OCH3 is 1. The highest BCUT2D eigenvalue weighted by molar-refractivity contribution is 14.0. The smallest absolute Gasteiger partial charge is 0.193 e. The van der Waals surface area contributed by atoms with Gasteiger partial charge < -0.3 is 19.7 Å². The Morgan fingerprint density at radius 1 is 1.39 bits per heavy atom. The van der Waals surface area contributed by atoms with Crippen LogP contribution in [0.15, 0.2) is 41.7 Å². The van der Waals surface area contributed by atoms with Crippen LogP contribution in [0.2, 0.25) is 0 Å². The zero-order valence-corrected chi connectivity index (χ0v) is 19.3. The summed E-state index contributed by atoms with van der Waals surface area (Å²) < 4.78 is 13.1. The van der Waals surface area contributed by atoms with Crippen molar-refractivity contribution in [3.8, 4) is 11.5 Å². The van der Waals surface area contributed by atoms with E-state index in [1.165, 1.54) is 5.56 Å². The van der Waals surface area contributed by atoms with Crippen LogP contribution >= 0.6 is 24.0 Å². The quantitative estimate of drug-likeness (QED) is 0.377. The fourth-order valence-electron chi connectivity index (χ4n) is 3.39. The number of halogens is 1. The maximum Gasteiger partial charge on any atom is 0.193 e. The maximum absolute atomic E-state index is 5.98. The zero-order chi connectivity index (χ0) is 19.2. The number of aryl methyl sites for hydroxylation is 1. The van der Waals surface area contributed by atoms with Gasteiger partial charge in [-0.25, -0.2) is 0 Å². The minimum Gasteiger partial charge on any atom is -0.497 e. The molecule has 8 heteroatoms. The number of benzene rings is 1. The number of hydrogen-bond acceptors (Lipinski definition) is 4. The first-order chi connectivity index (χ1) is 13.1. The summed E-state index contributed by atoms with van der Waals surface area (Å²) >= 11 is 0. The number of nitrogens with one attached hydrogen (secondary N) is 1. The fraction of sp³-hybridized carbons (Fsp3) is 0.500. The van der Waals surface area contributed by atoms with Gasteiger partial charge in [0.25, 0.3) is 0 Å². The number of ether oxygens (including phenoxy) is 2. The average molecular weight is 499 g/mol. The predicted molar refractivity (Wildman–Crippen MR) is 122 cm³/mol. The number of rotatable bonds is 6. The van der Waals surface area contributed by atoms with Gasteiger partial charge in [0.2, 0.25) is 0 Å². The molecule has 0 spiro atoms. The standard InChI is InChI=1S/C20H29N5O2.HI/c1-15(27-19-7-5-6-18(10-19)26-4)11-22-20(21-2)25-9-8-16(14-25)17-12-23-24(3)13-17;/h5-7,10,12-13,15-16H,8-9,11,14H2,1-4H3,(H,21,22);1H. The first-order valence-electron chi connectivity index (χ1n) is 9.34. The third-order valence-corrected chi connectivity index (χ3v) is 4.82. The number of nitrogens with zero attached hydrogens (tertiary/aromatic N) is 4. The Labute approximate surface area is 184 Å². The minimum atomic E-state index is 0. The summed E-state index contributed by atoms with van der Waals surface area (Å²) in [5, 5.41) is 7.73. The predicted octanol–water partition coefficient (Wildman–Crippen LogP) is 2.88. The number of hydrogen-bond donors (Lipinski definition) is 1. The molecule has 28 heavy (non-hydrogen) atoms. The zero-order valence-electron chi connectivity index (χ0n) is 17.0. The SMILES string of the molecule is CN=C(NCC(C)Oc1cccc(OC)c1)N1CCC(c2cnn(C)c2)C1.I. The van der Waals surface area contributed by atoms with Crippen molar-refractivity contribution in [3.63, 3.8) is 0 Å². The van der Waals surface area contributed by atoms with Crippen LogP contribution in [0.4, 0.5) is 0 Å². The van der Waals surface area contributed by atoms with Gasteiger partial charge in [0.1, 0.15) is 17.6 Å². The molecule has 1 fully saturated rings. The van der Waals surface area contributed by atoms with Crippen LogP contribution in [0.3, 0.4) is 0 Å². The van der Waals surface area contributed by atoms with Crippen molar-refractivity contribution in [3.05, 3.63) is 42.2 Å². The second-order valence-corrected chi connectivity index (χ2v) is 6.91. The third kappa shape index (κ3) is 5.76. The normalized spacial score (nSPS) is 17.8. The van der Waals surface area contributed by atoms with E-state index in [2.05, 4.69) is 26.5 Å². The summed E-state index contributed by atoms with van der Waals surface area (Å²) in [7, 11) is 5.44. The minimum absolute atomic E-state index is 0. The lowest BCUT2D eigenvalue weighted by atomic mass is 10.0. The van der Waals surface area contributed by atoms with Crippen molar-refractivity contribution in [2.45, 2.75) is 25.4 Å². The van der Waals surface area contributed by atoms with Gasteiger partial charge in [-0.2, -0.15) is 5.10 Å². The molecule has 0 bridgehead atoms. The molecule has 1 aromatic carbocycles. The van der Waals surface area contributed by atoms with Crippen LogP contribution in [-0.4, -0.2) is 60.5 Å². The van der Waals surface area contributed by atoms with Crippen LogP contribution < -0.4 is 14.8 Å². The molecule has 1 N–H and O–H groups in total. The van der Waals surface area contributed by atoms with Gasteiger partial charge in [0.15, 0.2) is 5.96 Å². The molecule has 3 rings (SSSR count). The van der Waals surface area contributed by atoms with E-state index in [9.17, 15) is 0 Å². The molecule has 2 aromatic rings. The lowest BCUT2D eigenvalue weighted by Crippen LogP contribution is -2.43. The Morgan fingerprint density at radius 3 is 2.86 bits per heavy atom. The summed E-state index contributed by atoms with van der Waals surface area (Å²) in [6.45, 7) is 4.67. The van der Waals surface area contributed by atoms with Crippen LogP contribution in [0.5, 0.6) is 11.5 Å². The highest BCUT2D eigenvalue weighted by Gasteiger charge is 2.27. The van der Waals surface area contributed by atoms with Crippen LogP contribution in [0.25, 0.3) is 0 Å². The number of likely N-dealkylation sites (tertiary alicyclic amines) is 1. The lowest BCUT2D eigenvalue weighted by molar-refractivity contribution is 0.221. The van der Waals surface area contributed by atoms with Crippen LogP contribution in [-0.2, 0) is 7.05 Å². The van der Waals surface area contributed by atoms with E-state index in [4.69, 9.17) is 9.47 Å². The molecule has 0 radical (unpaired) electrons. The van der Waals surface area contributed by atoms with E-state index in [-0.39, 0.29) is 30.1 Å². The number of guanidine groups is 1. The monoisotopic (exact) mass is 499 g/mol. The summed E-state index contributed by atoms with van der Waals surface area (Å²) in [4.78, 5) is 6.75. The van der Waals surface area contributed by atoms with Crippen molar-refractivity contribution in [2.75, 3.05) is 33.8 Å². The second kappa shape index (κ2) is 10.5. The van der Waals surface area contributed by atoms with Crippen molar-refractivity contribution in [2.24, 2.45) is 12.0 Å². The van der Waals surface area contributed by atoms with Gasteiger partial charge in [0.05, 0.1) is 19.9 Å². The van der Waals surface area contributed by atoms with Gasteiger partial charge in [-0.05, 0) is 31.0 Å². The van der Waals surface area contributed by atoms with Gasteiger partial charge in [0, 0.05) is 45.4 Å². The second-order valence-electron chi connectivity index (χ2n) is 6.91. The molecule has 1 saturated heterocycles. The van der Waals surface area contributed by atoms with E-state index in [1.807, 2.05) is 56.2 Å². The van der Waals surface area contributed by atoms with Crippen molar-refractivity contribution < 1.29 is 9.47 Å². The molecule has 0 aliphatic carbocycles. The molecule has 1 aromatic heterocycles. The Balaban J connectivity index is 0.00000280. The Bertz CT molecular complexity index is 779. The highest BCUT2D eigenvalue weighted by Crippen LogP contribution is 2.26. The first-order valence-corrected chi connectivity index (χ1v) is 9.34. The van der Waals surface area contributed by atoms with E-state index < -0.39 is 0 Å². The Kier molecular flexibility index (Phi) is 8.40. The molecule has 1 aliphatic rings. The Hall–Kier alpha value is -1.97.